The smallest absolute Gasteiger partial charge is 0.330 e. The molecule has 2 rings (SSSR count). The lowest BCUT2D eigenvalue weighted by Gasteiger charge is -2.23. The van der Waals surface area contributed by atoms with Crippen LogP contribution in [0.15, 0.2) is 30.3 Å². The Morgan fingerprint density at radius 2 is 1.82 bits per heavy atom. The molecule has 0 saturated carbocycles. The SMILES string of the molecule is COC(=O)C(C)(C)NC(=O)c1cc(F)c2ccccc2c1O. The monoisotopic (exact) mass is 305 g/mol. The minimum Gasteiger partial charge on any atom is -0.506 e. The van der Waals surface area contributed by atoms with Crippen LogP contribution >= 0.6 is 0 Å². The Hall–Kier alpha value is -2.63. The molecular weight excluding hydrogens is 289 g/mol. The van der Waals surface area contributed by atoms with E-state index in [1.165, 1.54) is 33.1 Å². The van der Waals surface area contributed by atoms with Gasteiger partial charge in [-0.2, -0.15) is 0 Å². The first-order chi connectivity index (χ1) is 10.3. The third kappa shape index (κ3) is 2.72. The summed E-state index contributed by atoms with van der Waals surface area (Å²) in [5, 5.41) is 13.0. The topological polar surface area (TPSA) is 75.6 Å². The highest BCUT2D eigenvalue weighted by Crippen LogP contribution is 2.31. The number of amides is 1. The van der Waals surface area contributed by atoms with Gasteiger partial charge in [-0.05, 0) is 19.9 Å². The largest absolute Gasteiger partial charge is 0.506 e. The number of aromatic hydroxyl groups is 1. The highest BCUT2D eigenvalue weighted by atomic mass is 19.1. The molecule has 5 nitrogen and oxygen atoms in total. The average Bonchev–Trinajstić information content (AvgIpc) is 2.49. The molecule has 1 amide bonds. The Labute approximate surface area is 126 Å². The first kappa shape index (κ1) is 15.8. The van der Waals surface area contributed by atoms with Gasteiger partial charge in [-0.3, -0.25) is 4.79 Å². The molecule has 0 heterocycles. The van der Waals surface area contributed by atoms with E-state index in [1.807, 2.05) is 0 Å². The molecule has 2 N–H and O–H groups in total. The van der Waals surface area contributed by atoms with E-state index >= 15 is 0 Å². The molecule has 0 aliphatic rings. The maximum absolute atomic E-state index is 14.1. The van der Waals surface area contributed by atoms with Crippen LogP contribution < -0.4 is 5.32 Å². The fourth-order valence-corrected chi connectivity index (χ4v) is 2.15. The van der Waals surface area contributed by atoms with Gasteiger partial charge in [0.2, 0.25) is 0 Å². The van der Waals surface area contributed by atoms with E-state index in [-0.39, 0.29) is 22.1 Å². The summed E-state index contributed by atoms with van der Waals surface area (Å²) in [4.78, 5) is 23.8. The highest BCUT2D eigenvalue weighted by Gasteiger charge is 2.32. The van der Waals surface area contributed by atoms with Gasteiger partial charge in [0.05, 0.1) is 12.7 Å². The minimum atomic E-state index is -1.31. The predicted octanol–water partition coefficient (Wildman–Crippen LogP) is 2.37. The van der Waals surface area contributed by atoms with Crippen molar-refractivity contribution in [1.82, 2.24) is 5.32 Å². The van der Waals surface area contributed by atoms with Crippen molar-refractivity contribution in [1.29, 1.82) is 0 Å². The van der Waals surface area contributed by atoms with Crippen LogP contribution in [0.4, 0.5) is 4.39 Å². The van der Waals surface area contributed by atoms with Crippen molar-refractivity contribution in [3.63, 3.8) is 0 Å². The maximum Gasteiger partial charge on any atom is 0.330 e. The standard InChI is InChI=1S/C16H16FNO4/c1-16(2,15(21)22-3)18-14(20)11-8-12(17)9-6-4-5-7-10(9)13(11)19/h4-8,19H,1-3H3,(H,18,20). The Morgan fingerprint density at radius 3 is 2.41 bits per heavy atom. The number of methoxy groups -OCH3 is 1. The molecule has 0 fully saturated rings. The molecule has 116 valence electrons. The summed E-state index contributed by atoms with van der Waals surface area (Å²) in [6.45, 7) is 2.90. The second-order valence-electron chi connectivity index (χ2n) is 5.37. The molecule has 0 aliphatic heterocycles. The molecule has 22 heavy (non-hydrogen) atoms. The molecule has 2 aromatic rings. The number of rotatable bonds is 3. The van der Waals surface area contributed by atoms with Gasteiger partial charge >= 0.3 is 5.97 Å². The van der Waals surface area contributed by atoms with Crippen molar-refractivity contribution in [2.24, 2.45) is 0 Å². The van der Waals surface area contributed by atoms with Crippen LogP contribution in [0, 0.1) is 5.82 Å². The van der Waals surface area contributed by atoms with Crippen molar-refractivity contribution in [2.75, 3.05) is 7.11 Å². The van der Waals surface area contributed by atoms with Crippen LogP contribution in [-0.2, 0) is 9.53 Å². The van der Waals surface area contributed by atoms with Crippen molar-refractivity contribution < 1.29 is 23.8 Å². The number of nitrogens with one attached hydrogen (secondary N) is 1. The summed E-state index contributed by atoms with van der Waals surface area (Å²) in [6.07, 6.45) is 0. The van der Waals surface area contributed by atoms with E-state index in [0.29, 0.717) is 0 Å². The number of esters is 1. The first-order valence-corrected chi connectivity index (χ1v) is 6.59. The zero-order chi connectivity index (χ0) is 16.5. The number of phenolic OH excluding ortho intramolecular Hbond substituents is 1. The molecule has 0 saturated heterocycles. The number of fused-ring (bicyclic) bond motifs is 1. The third-order valence-electron chi connectivity index (χ3n) is 3.33. The van der Waals surface area contributed by atoms with Crippen molar-refractivity contribution in [3.05, 3.63) is 41.7 Å². The molecule has 2 aromatic carbocycles. The van der Waals surface area contributed by atoms with Gasteiger partial charge < -0.3 is 15.2 Å². The molecular formula is C16H16FNO4. The van der Waals surface area contributed by atoms with Crippen LogP contribution in [0.3, 0.4) is 0 Å². The second kappa shape index (κ2) is 5.63. The van der Waals surface area contributed by atoms with Crippen LogP contribution in [-0.4, -0.2) is 29.6 Å². The normalized spacial score (nSPS) is 11.3. The lowest BCUT2D eigenvalue weighted by atomic mass is 10.0. The fourth-order valence-electron chi connectivity index (χ4n) is 2.15. The number of hydrogen-bond donors (Lipinski definition) is 2. The Bertz CT molecular complexity index is 755. The second-order valence-corrected chi connectivity index (χ2v) is 5.37. The van der Waals surface area contributed by atoms with Crippen LogP contribution in [0.2, 0.25) is 0 Å². The number of carbonyl (C=O) groups is 2. The van der Waals surface area contributed by atoms with Gasteiger partial charge in [-0.1, -0.05) is 24.3 Å². The molecule has 0 unspecified atom stereocenters. The summed E-state index contributed by atoms with van der Waals surface area (Å²) in [6, 6.07) is 7.22. The minimum absolute atomic E-state index is 0.212. The number of hydrogen-bond acceptors (Lipinski definition) is 4. The number of phenols is 1. The van der Waals surface area contributed by atoms with Gasteiger partial charge in [-0.15, -0.1) is 0 Å². The Morgan fingerprint density at radius 1 is 1.23 bits per heavy atom. The van der Waals surface area contributed by atoms with Gasteiger partial charge in [0, 0.05) is 10.8 Å². The van der Waals surface area contributed by atoms with Crippen molar-refractivity contribution in [2.45, 2.75) is 19.4 Å². The van der Waals surface area contributed by atoms with E-state index in [1.54, 1.807) is 12.1 Å². The molecule has 0 aliphatic carbocycles. The Balaban J connectivity index is 2.45. The lowest BCUT2D eigenvalue weighted by molar-refractivity contribution is -0.146. The van der Waals surface area contributed by atoms with Gasteiger partial charge in [0.15, 0.2) is 0 Å². The average molecular weight is 305 g/mol. The molecule has 6 heteroatoms. The molecule has 0 bridgehead atoms. The number of carbonyl (C=O) groups excluding carboxylic acids is 2. The summed E-state index contributed by atoms with van der Waals surface area (Å²) in [5.41, 5.74) is -1.55. The fraction of sp³-hybridized carbons (Fsp3) is 0.250. The van der Waals surface area contributed by atoms with Crippen LogP contribution in [0.1, 0.15) is 24.2 Å². The van der Waals surface area contributed by atoms with Gasteiger partial charge in [0.25, 0.3) is 5.91 Å². The zero-order valence-electron chi connectivity index (χ0n) is 12.4. The third-order valence-corrected chi connectivity index (χ3v) is 3.33. The lowest BCUT2D eigenvalue weighted by Crippen LogP contribution is -2.50. The van der Waals surface area contributed by atoms with Crippen molar-refractivity contribution in [3.8, 4) is 5.75 Å². The van der Waals surface area contributed by atoms with Crippen LogP contribution in [0.5, 0.6) is 5.75 Å². The summed E-state index contributed by atoms with van der Waals surface area (Å²) in [7, 11) is 1.20. The first-order valence-electron chi connectivity index (χ1n) is 6.59. The number of ether oxygens (including phenoxy) is 1. The molecule has 0 atom stereocenters. The van der Waals surface area contributed by atoms with Crippen molar-refractivity contribution >= 4 is 22.6 Å². The summed E-state index contributed by atoms with van der Waals surface area (Å²) >= 11 is 0. The number of benzene rings is 2. The molecule has 0 spiro atoms. The number of halogens is 1. The maximum atomic E-state index is 14.1. The quantitative estimate of drug-likeness (QED) is 0.854. The van der Waals surface area contributed by atoms with Gasteiger partial charge in [-0.25, -0.2) is 9.18 Å². The van der Waals surface area contributed by atoms with E-state index in [2.05, 4.69) is 10.1 Å². The Kier molecular flexibility index (Phi) is 4.03. The molecule has 0 aromatic heterocycles. The van der Waals surface area contributed by atoms with E-state index < -0.39 is 23.2 Å². The van der Waals surface area contributed by atoms with E-state index in [0.717, 1.165) is 6.07 Å². The highest BCUT2D eigenvalue weighted by molar-refractivity contribution is 6.05. The molecule has 0 radical (unpaired) electrons. The van der Waals surface area contributed by atoms with Gasteiger partial charge in [0.1, 0.15) is 17.1 Å². The van der Waals surface area contributed by atoms with E-state index in [4.69, 9.17) is 0 Å². The summed E-state index contributed by atoms with van der Waals surface area (Å²) < 4.78 is 18.6. The van der Waals surface area contributed by atoms with Crippen LogP contribution in [0.25, 0.3) is 10.8 Å². The zero-order valence-corrected chi connectivity index (χ0v) is 12.4. The van der Waals surface area contributed by atoms with E-state index in [9.17, 15) is 19.1 Å². The predicted molar refractivity (Wildman–Crippen MR) is 79.1 cm³/mol. The summed E-state index contributed by atoms with van der Waals surface area (Å²) in [5.74, 6) is -2.39.